The van der Waals surface area contributed by atoms with Gasteiger partial charge in [0.1, 0.15) is 0 Å². The molecule has 8 rings (SSSR count). The number of furan rings is 2. The predicted octanol–water partition coefficient (Wildman–Crippen LogP) is 8.34. The summed E-state index contributed by atoms with van der Waals surface area (Å²) in [6.07, 6.45) is 9.00. The van der Waals surface area contributed by atoms with Gasteiger partial charge >= 0.3 is 330 Å². The molecule has 5 heteroatoms. The number of halogens is 2. The number of hydrogen-bond donors (Lipinski definition) is 0. The van der Waals surface area contributed by atoms with Crippen molar-refractivity contribution in [2.45, 2.75) is 86.3 Å². The Bertz CT molecular complexity index is 2140. The van der Waals surface area contributed by atoms with Gasteiger partial charge in [-0.2, -0.15) is 0 Å². The molecule has 2 unspecified atom stereocenters. The van der Waals surface area contributed by atoms with E-state index in [-0.39, 0.29) is 24.8 Å². The normalized spacial score (nSPS) is 15.6. The Kier molecular flexibility index (Phi) is 13.2. The van der Waals surface area contributed by atoms with Gasteiger partial charge in [0, 0.05) is 0 Å². The molecule has 2 aromatic heterocycles. The predicted molar refractivity (Wildman–Crippen MR) is 219 cm³/mol. The average molecular weight is 845 g/mol. The molecule has 0 saturated carbocycles. The van der Waals surface area contributed by atoms with E-state index in [2.05, 4.69) is 163 Å². The smallest absolute Gasteiger partial charge is 1.00 e. The third-order valence-corrected chi connectivity index (χ3v) is 15.8. The molecule has 280 valence electrons. The van der Waals surface area contributed by atoms with Crippen LogP contribution in [0.3, 0.4) is 0 Å². The average Bonchev–Trinajstić information content (AvgIpc) is 3.98. The molecular formula is C50H50Cl2O2Zr. The molecule has 0 fully saturated rings. The first kappa shape index (κ1) is 41.0. The van der Waals surface area contributed by atoms with Crippen LogP contribution in [0.4, 0.5) is 0 Å². The molecular weight excluding hydrogens is 795 g/mol. The molecule has 4 aromatic carbocycles. The monoisotopic (exact) mass is 842 g/mol. The van der Waals surface area contributed by atoms with Crippen molar-refractivity contribution >= 4 is 23.3 Å². The summed E-state index contributed by atoms with van der Waals surface area (Å²) in [6.45, 7) is 13.5. The second kappa shape index (κ2) is 17.7. The Morgan fingerprint density at radius 1 is 0.509 bits per heavy atom. The van der Waals surface area contributed by atoms with Crippen LogP contribution in [0.5, 0.6) is 0 Å². The van der Waals surface area contributed by atoms with Crippen molar-refractivity contribution in [2.75, 3.05) is 0 Å². The van der Waals surface area contributed by atoms with E-state index in [1.807, 2.05) is 0 Å². The van der Waals surface area contributed by atoms with Crippen molar-refractivity contribution in [1.82, 2.24) is 0 Å². The summed E-state index contributed by atoms with van der Waals surface area (Å²) in [4.78, 5) is 0. The van der Waals surface area contributed by atoms with Gasteiger partial charge in [-0.25, -0.2) is 0 Å². The second-order valence-corrected chi connectivity index (χ2v) is 19.1. The Morgan fingerprint density at radius 2 is 0.909 bits per heavy atom. The van der Waals surface area contributed by atoms with E-state index < -0.39 is 23.2 Å². The van der Waals surface area contributed by atoms with Crippen LogP contribution in [0.25, 0.3) is 45.6 Å². The van der Waals surface area contributed by atoms with Crippen LogP contribution in [-0.4, -0.2) is 0 Å². The van der Waals surface area contributed by atoms with E-state index >= 15 is 0 Å². The molecule has 2 nitrogen and oxygen atoms in total. The maximum Gasteiger partial charge on any atom is -1.00 e. The minimum atomic E-state index is -1.33. The Hall–Kier alpha value is -3.62. The van der Waals surface area contributed by atoms with Crippen LogP contribution in [-0.2, 0) is 36.1 Å². The van der Waals surface area contributed by atoms with E-state index in [1.54, 1.807) is 0 Å². The Morgan fingerprint density at radius 3 is 1.27 bits per heavy atom. The van der Waals surface area contributed by atoms with E-state index in [1.165, 1.54) is 66.8 Å². The molecule has 2 aliphatic rings. The first-order valence-corrected chi connectivity index (χ1v) is 22.5. The fourth-order valence-electron chi connectivity index (χ4n) is 8.18. The summed E-state index contributed by atoms with van der Waals surface area (Å²) < 4.78 is 14.0. The molecule has 6 aromatic rings. The van der Waals surface area contributed by atoms with Crippen molar-refractivity contribution < 1.29 is 56.9 Å². The van der Waals surface area contributed by atoms with Gasteiger partial charge in [-0.05, 0) is 0 Å². The topological polar surface area (TPSA) is 26.3 Å². The fourth-order valence-corrected chi connectivity index (χ4v) is 13.1. The van der Waals surface area contributed by atoms with Gasteiger partial charge in [-0.3, -0.25) is 0 Å². The van der Waals surface area contributed by atoms with Crippen molar-refractivity contribution in [3.05, 3.63) is 166 Å². The SMILES string of the molecule is CCCc1ccc(C2=Cc3c(-c4ccc(C(C)C)cc4)cccc3[CH]2[Zr+2][CH]2C(c3ccc(CCC)o3)=Cc3c(-c4ccc(C(C)C)cc4)cccc32)o1.[Cl-].[Cl-]. The molecule has 55 heavy (non-hydrogen) atoms. The first-order valence-electron chi connectivity index (χ1n) is 19.7. The maximum absolute atomic E-state index is 6.66. The second-order valence-electron chi connectivity index (χ2n) is 15.4. The van der Waals surface area contributed by atoms with Crippen LogP contribution < -0.4 is 24.8 Å². The minimum Gasteiger partial charge on any atom is -1.00 e. The van der Waals surface area contributed by atoms with Crippen molar-refractivity contribution in [1.29, 1.82) is 0 Å². The Balaban J connectivity index is 0.00000257. The van der Waals surface area contributed by atoms with Crippen molar-refractivity contribution in [3.63, 3.8) is 0 Å². The quantitative estimate of drug-likeness (QED) is 0.124. The maximum atomic E-state index is 6.66. The Labute approximate surface area is 351 Å². The first-order chi connectivity index (χ1) is 25.8. The van der Waals surface area contributed by atoms with Crippen LogP contribution in [0, 0.1) is 0 Å². The third kappa shape index (κ3) is 8.14. The third-order valence-electron chi connectivity index (χ3n) is 11.1. The summed E-state index contributed by atoms with van der Waals surface area (Å²) >= 11 is -1.33. The summed E-state index contributed by atoms with van der Waals surface area (Å²) in [5, 5.41) is 0. The number of fused-ring (bicyclic) bond motifs is 2. The molecule has 0 N–H and O–H groups in total. The van der Waals surface area contributed by atoms with Gasteiger partial charge in [0.2, 0.25) is 0 Å². The number of rotatable bonds is 12. The largest absolute Gasteiger partial charge is 1.00 e. The van der Waals surface area contributed by atoms with E-state index in [0.717, 1.165) is 48.7 Å². The standard InChI is InChI=1S/2C25H25O.2ClH.Zr/c2*1-4-6-22-13-14-25(26-22)21-15-20-7-5-8-23(24(20)16-21)19-11-9-18(10-12-19)17(2)3;;;/h2*5,7-17H,4,6H2,1-3H3;2*1H;/q;;;;+2/p-2. The van der Waals surface area contributed by atoms with Gasteiger partial charge in [0.15, 0.2) is 0 Å². The number of aryl methyl sites for hydroxylation is 2. The zero-order chi connectivity index (χ0) is 36.6. The molecule has 0 bridgehead atoms. The van der Waals surface area contributed by atoms with E-state index in [4.69, 9.17) is 8.83 Å². The van der Waals surface area contributed by atoms with E-state index in [9.17, 15) is 0 Å². The zero-order valence-electron chi connectivity index (χ0n) is 32.8. The van der Waals surface area contributed by atoms with E-state index in [0.29, 0.717) is 19.1 Å². The molecule has 0 amide bonds. The van der Waals surface area contributed by atoms with Crippen LogP contribution in [0.15, 0.2) is 118 Å². The molecule has 0 radical (unpaired) electrons. The van der Waals surface area contributed by atoms with Crippen LogP contribution in [0.2, 0.25) is 0 Å². The minimum absolute atomic E-state index is 0. The van der Waals surface area contributed by atoms with Crippen LogP contribution in [0.1, 0.15) is 130 Å². The summed E-state index contributed by atoms with van der Waals surface area (Å²) in [6, 6.07) is 41.2. The van der Waals surface area contributed by atoms with Gasteiger partial charge in [-0.15, -0.1) is 0 Å². The molecule has 0 aliphatic heterocycles. The number of hydrogen-bond acceptors (Lipinski definition) is 2. The molecule has 2 aliphatic carbocycles. The van der Waals surface area contributed by atoms with Gasteiger partial charge in [0.25, 0.3) is 0 Å². The van der Waals surface area contributed by atoms with Crippen molar-refractivity contribution in [2.24, 2.45) is 0 Å². The number of allylic oxidation sites excluding steroid dienone is 2. The molecule has 2 atom stereocenters. The fraction of sp³-hybridized carbons (Fsp3) is 0.280. The van der Waals surface area contributed by atoms with Crippen LogP contribution >= 0.6 is 0 Å². The van der Waals surface area contributed by atoms with Gasteiger partial charge in [0.05, 0.1) is 0 Å². The summed E-state index contributed by atoms with van der Waals surface area (Å²) in [5.74, 6) is 5.23. The molecule has 0 saturated heterocycles. The molecule has 2 heterocycles. The summed E-state index contributed by atoms with van der Waals surface area (Å²) in [7, 11) is 0. The summed E-state index contributed by atoms with van der Waals surface area (Å²) in [5.41, 5.74) is 16.2. The molecule has 0 spiro atoms. The van der Waals surface area contributed by atoms with Gasteiger partial charge < -0.3 is 24.8 Å². The van der Waals surface area contributed by atoms with Gasteiger partial charge in [-0.1, -0.05) is 0 Å². The zero-order valence-corrected chi connectivity index (χ0v) is 36.7. The number of benzene rings is 4. The van der Waals surface area contributed by atoms with Crippen molar-refractivity contribution in [3.8, 4) is 22.3 Å².